The molecule has 4 N–H and O–H groups in total. The Balaban J connectivity index is 1.75. The van der Waals surface area contributed by atoms with E-state index in [9.17, 15) is 14.4 Å². The number of β-lactam (4-membered cyclic amide) rings is 1. The molecule has 0 spiro atoms. The number of carbonyl (C=O) groups excluding carboxylic acids is 2. The normalized spacial score (nSPS) is 22.6. The molecule has 0 radical (unpaired) electrons. The van der Waals surface area contributed by atoms with Gasteiger partial charge in [-0.15, -0.1) is 11.8 Å². The van der Waals surface area contributed by atoms with Crippen LogP contribution in [0.15, 0.2) is 16.9 Å². The molecular formula is C12H12N6O5S2. The summed E-state index contributed by atoms with van der Waals surface area (Å²) in [6.07, 6.45) is 1.46. The average molecular weight is 384 g/mol. The van der Waals surface area contributed by atoms with Gasteiger partial charge in [0.15, 0.2) is 5.13 Å². The van der Waals surface area contributed by atoms with E-state index >= 15 is 0 Å². The summed E-state index contributed by atoms with van der Waals surface area (Å²) in [4.78, 5) is 45.5. The number of nitrogens with one attached hydrogen (secondary N) is 1. The number of nitrogens with zero attached hydrogens (tertiary/aromatic N) is 4. The Morgan fingerprint density at radius 1 is 1.56 bits per heavy atom. The molecule has 11 nitrogen and oxygen atoms in total. The molecule has 25 heavy (non-hydrogen) atoms. The number of hydrogen-bond donors (Lipinski definition) is 3. The Labute approximate surface area is 149 Å². The first-order chi connectivity index (χ1) is 11.9. The number of aliphatic carboxylic acids is 1. The lowest BCUT2D eigenvalue weighted by Gasteiger charge is -2.48. The number of aromatic nitrogens is 2. The molecule has 1 aromatic rings. The van der Waals surface area contributed by atoms with Crippen LogP contribution in [0.1, 0.15) is 5.82 Å². The summed E-state index contributed by atoms with van der Waals surface area (Å²) < 4.78 is 3.89. The maximum absolute atomic E-state index is 12.4. The maximum Gasteiger partial charge on any atom is 0.352 e. The van der Waals surface area contributed by atoms with Gasteiger partial charge < -0.3 is 21.0 Å². The molecule has 1 saturated heterocycles. The highest BCUT2D eigenvalue weighted by Gasteiger charge is 2.53. The molecule has 3 heterocycles. The molecule has 1 unspecified atom stereocenters. The van der Waals surface area contributed by atoms with Crippen molar-refractivity contribution in [2.24, 2.45) is 5.16 Å². The number of fused-ring (bicyclic) bond motifs is 1. The third-order valence-electron chi connectivity index (χ3n) is 3.40. The van der Waals surface area contributed by atoms with Gasteiger partial charge in [0.05, 0.1) is 0 Å². The number of carboxylic acids is 1. The molecule has 0 saturated carbocycles. The topological polar surface area (TPSA) is 160 Å². The summed E-state index contributed by atoms with van der Waals surface area (Å²) in [5, 5.41) is 14.9. The minimum absolute atomic E-state index is 0.0205. The molecule has 13 heteroatoms. The number of nitrogen functional groups attached to an aromatic ring is 1. The van der Waals surface area contributed by atoms with Crippen LogP contribution in [0.4, 0.5) is 5.13 Å². The van der Waals surface area contributed by atoms with E-state index in [0.717, 1.165) is 16.4 Å². The summed E-state index contributed by atoms with van der Waals surface area (Å²) in [5.74, 6) is -2.02. The summed E-state index contributed by atoms with van der Waals surface area (Å²) in [5.41, 5.74) is 5.19. The number of thioether (sulfide) groups is 1. The van der Waals surface area contributed by atoms with E-state index in [4.69, 9.17) is 10.8 Å². The van der Waals surface area contributed by atoms with Crippen LogP contribution in [0.2, 0.25) is 0 Å². The highest BCUT2D eigenvalue weighted by Crippen LogP contribution is 2.37. The van der Waals surface area contributed by atoms with Crippen LogP contribution in [0, 0.1) is 0 Å². The van der Waals surface area contributed by atoms with Crippen molar-refractivity contribution >= 4 is 51.9 Å². The lowest BCUT2D eigenvalue weighted by molar-refractivity contribution is -0.150. The van der Waals surface area contributed by atoms with Crippen molar-refractivity contribution in [3.63, 3.8) is 0 Å². The molecular weight excluding hydrogens is 372 g/mol. The van der Waals surface area contributed by atoms with Crippen molar-refractivity contribution in [2.45, 2.75) is 11.4 Å². The molecule has 2 aliphatic rings. The number of nitrogens with two attached hydrogens (primary N) is 1. The molecule has 2 amide bonds. The second kappa shape index (κ2) is 6.68. The van der Waals surface area contributed by atoms with Crippen LogP contribution in [0.5, 0.6) is 0 Å². The maximum atomic E-state index is 12.4. The van der Waals surface area contributed by atoms with Crippen molar-refractivity contribution in [2.75, 3.05) is 18.6 Å². The van der Waals surface area contributed by atoms with Crippen molar-refractivity contribution in [1.82, 2.24) is 19.6 Å². The largest absolute Gasteiger partial charge is 0.477 e. The second-order valence-corrected chi connectivity index (χ2v) is 6.79. The summed E-state index contributed by atoms with van der Waals surface area (Å²) in [6, 6.07) is -0.876. The van der Waals surface area contributed by atoms with Crippen molar-refractivity contribution in [3.05, 3.63) is 17.6 Å². The third-order valence-corrected chi connectivity index (χ3v) is 5.13. The van der Waals surface area contributed by atoms with E-state index in [1.54, 1.807) is 0 Å². The van der Waals surface area contributed by atoms with Crippen molar-refractivity contribution < 1.29 is 24.3 Å². The van der Waals surface area contributed by atoms with Gasteiger partial charge in [-0.3, -0.25) is 14.5 Å². The van der Waals surface area contributed by atoms with E-state index in [2.05, 4.69) is 24.7 Å². The lowest BCUT2D eigenvalue weighted by atomic mass is 10.0. The molecule has 2 atom stereocenters. The number of carboxylic acid groups (broad SMARTS) is 1. The molecule has 1 fully saturated rings. The molecule has 0 aliphatic carbocycles. The van der Waals surface area contributed by atoms with Crippen LogP contribution in [0.25, 0.3) is 0 Å². The lowest BCUT2D eigenvalue weighted by Crippen LogP contribution is -2.70. The van der Waals surface area contributed by atoms with Gasteiger partial charge in [-0.25, -0.2) is 4.79 Å². The van der Waals surface area contributed by atoms with Gasteiger partial charge >= 0.3 is 5.97 Å². The Morgan fingerprint density at radius 2 is 2.32 bits per heavy atom. The van der Waals surface area contributed by atoms with Crippen LogP contribution < -0.4 is 11.1 Å². The van der Waals surface area contributed by atoms with Crippen LogP contribution in [-0.4, -0.2) is 67.1 Å². The molecule has 0 bridgehead atoms. The summed E-state index contributed by atoms with van der Waals surface area (Å²) in [7, 11) is 1.25. The minimum atomic E-state index is -1.19. The molecule has 2 aliphatic heterocycles. The molecule has 0 aromatic carbocycles. The summed E-state index contributed by atoms with van der Waals surface area (Å²) in [6.45, 7) is 0. The highest BCUT2D eigenvalue weighted by atomic mass is 32.2. The Hall–Kier alpha value is -2.67. The monoisotopic (exact) mass is 384 g/mol. The molecule has 1 aromatic heterocycles. The van der Waals surface area contributed by atoms with Gasteiger partial charge in [0, 0.05) is 17.3 Å². The number of carbonyl (C=O) groups is 3. The number of hydrogen-bond acceptors (Lipinski definition) is 10. The van der Waals surface area contributed by atoms with Crippen LogP contribution in [0.3, 0.4) is 0 Å². The zero-order valence-electron chi connectivity index (χ0n) is 12.7. The van der Waals surface area contributed by atoms with Gasteiger partial charge in [0.25, 0.3) is 11.8 Å². The predicted octanol–water partition coefficient (Wildman–Crippen LogP) is -1.16. The number of anilines is 1. The Kier molecular flexibility index (Phi) is 4.59. The van der Waals surface area contributed by atoms with E-state index in [-0.39, 0.29) is 22.4 Å². The van der Waals surface area contributed by atoms with E-state index in [1.165, 1.54) is 24.9 Å². The zero-order valence-corrected chi connectivity index (χ0v) is 14.3. The first-order valence-electron chi connectivity index (χ1n) is 6.83. The third kappa shape index (κ3) is 3.02. The highest BCUT2D eigenvalue weighted by molar-refractivity contribution is 8.00. The molecule has 132 valence electrons. The quantitative estimate of drug-likeness (QED) is 0.323. The number of oxime groups is 1. The zero-order chi connectivity index (χ0) is 18.1. The molecule has 3 rings (SSSR count). The fourth-order valence-electron chi connectivity index (χ4n) is 2.35. The Morgan fingerprint density at radius 3 is 2.92 bits per heavy atom. The van der Waals surface area contributed by atoms with E-state index < -0.39 is 29.2 Å². The van der Waals surface area contributed by atoms with Gasteiger partial charge in [-0.2, -0.15) is 9.36 Å². The van der Waals surface area contributed by atoms with Gasteiger partial charge in [-0.05, 0) is 6.08 Å². The smallest absolute Gasteiger partial charge is 0.352 e. The summed E-state index contributed by atoms with van der Waals surface area (Å²) >= 11 is 2.23. The number of amides is 2. The van der Waals surface area contributed by atoms with Gasteiger partial charge in [-0.1, -0.05) is 5.16 Å². The fraction of sp³-hybridized carbons (Fsp3) is 0.333. The first kappa shape index (κ1) is 17.2. The van der Waals surface area contributed by atoms with Crippen LogP contribution >= 0.6 is 23.3 Å². The predicted molar refractivity (Wildman–Crippen MR) is 88.6 cm³/mol. The average Bonchev–Trinajstić information content (AvgIpc) is 3.02. The Bertz CT molecular complexity index is 806. The van der Waals surface area contributed by atoms with Crippen molar-refractivity contribution in [3.8, 4) is 0 Å². The number of rotatable bonds is 5. The van der Waals surface area contributed by atoms with Crippen LogP contribution in [-0.2, 0) is 19.2 Å². The second-order valence-electron chi connectivity index (χ2n) is 4.86. The standard InChI is InChI=1S/C12H12N6O5S2/c1-23-16-5(7-15-12(13)25-17-7)8(19)14-6-9(20)18-4(11(21)22)2-3-24-10(6)18/h2,6,10H,3H2,1H3,(H,14,19)(H,21,22)(H2,13,15,17)/b16-5+/t6?,10-/m1/s1. The SMILES string of the molecule is CO/N=C(/C(=O)NC1C(=O)N2C(C(=O)O)=CCS[C@H]12)c1nsc(N)n1. The van der Waals surface area contributed by atoms with Gasteiger partial charge in [0.1, 0.15) is 24.2 Å². The van der Waals surface area contributed by atoms with E-state index in [1.807, 2.05) is 0 Å². The fourth-order valence-corrected chi connectivity index (χ4v) is 3.98. The minimum Gasteiger partial charge on any atom is -0.477 e. The first-order valence-corrected chi connectivity index (χ1v) is 8.66. The van der Waals surface area contributed by atoms with Crippen molar-refractivity contribution in [1.29, 1.82) is 0 Å². The van der Waals surface area contributed by atoms with Gasteiger partial charge in [0.2, 0.25) is 11.5 Å². The van der Waals surface area contributed by atoms with E-state index in [0.29, 0.717) is 5.75 Å².